The first-order valence-electron chi connectivity index (χ1n) is 3.79. The molecule has 3 N–H and O–H groups in total. The Morgan fingerprint density at radius 3 is 2.45 bits per heavy atom. The molecular formula is C9H14N2. The number of nitrogens with one attached hydrogen (secondary N) is 1. The maximum atomic E-state index is 5.30. The van der Waals surface area contributed by atoms with E-state index >= 15 is 0 Å². The summed E-state index contributed by atoms with van der Waals surface area (Å²) < 4.78 is 0. The van der Waals surface area contributed by atoms with Gasteiger partial charge in [-0.15, -0.1) is 0 Å². The lowest BCUT2D eigenvalue weighted by Crippen LogP contribution is -2.21. The third-order valence-electron chi connectivity index (χ3n) is 1.59. The Morgan fingerprint density at radius 1 is 1.27 bits per heavy atom. The van der Waals surface area contributed by atoms with Crippen LogP contribution in [0.5, 0.6) is 0 Å². The standard InChI is InChI=1S/C9H14N2/c1-8-2-4-9(5-3-8)6-11-7-10/h2-5,11H,6-7,10H2,1H3. The SMILES string of the molecule is Cc1ccc(CNCN)cc1. The van der Waals surface area contributed by atoms with Crippen LogP contribution in [0, 0.1) is 6.92 Å². The van der Waals surface area contributed by atoms with Gasteiger partial charge in [-0.1, -0.05) is 29.8 Å². The highest BCUT2D eigenvalue weighted by Crippen LogP contribution is 2.01. The fourth-order valence-corrected chi connectivity index (χ4v) is 0.922. The Kier molecular flexibility index (Phi) is 3.08. The third kappa shape index (κ3) is 2.70. The summed E-state index contributed by atoms with van der Waals surface area (Å²) in [7, 11) is 0. The van der Waals surface area contributed by atoms with E-state index in [2.05, 4.69) is 36.5 Å². The molecule has 11 heavy (non-hydrogen) atoms. The minimum atomic E-state index is 0.536. The lowest BCUT2D eigenvalue weighted by atomic mass is 10.1. The fourth-order valence-electron chi connectivity index (χ4n) is 0.922. The predicted octanol–water partition coefficient (Wildman–Crippen LogP) is 1.00. The number of nitrogens with two attached hydrogens (primary N) is 1. The highest BCUT2D eigenvalue weighted by atomic mass is 14.9. The van der Waals surface area contributed by atoms with Gasteiger partial charge in [0.2, 0.25) is 0 Å². The van der Waals surface area contributed by atoms with Crippen molar-refractivity contribution in [3.8, 4) is 0 Å². The van der Waals surface area contributed by atoms with E-state index in [0.717, 1.165) is 6.54 Å². The van der Waals surface area contributed by atoms with Gasteiger partial charge in [-0.05, 0) is 12.5 Å². The van der Waals surface area contributed by atoms with Crippen LogP contribution in [0.4, 0.5) is 0 Å². The van der Waals surface area contributed by atoms with Gasteiger partial charge in [-0.3, -0.25) is 0 Å². The van der Waals surface area contributed by atoms with Crippen molar-refractivity contribution in [1.29, 1.82) is 0 Å². The molecule has 0 bridgehead atoms. The molecule has 1 aromatic carbocycles. The molecule has 0 unspecified atom stereocenters. The Morgan fingerprint density at radius 2 is 1.91 bits per heavy atom. The van der Waals surface area contributed by atoms with Gasteiger partial charge < -0.3 is 11.1 Å². The Bertz CT molecular complexity index is 203. The second-order valence-electron chi connectivity index (χ2n) is 2.62. The molecule has 0 saturated heterocycles. The number of benzene rings is 1. The average molecular weight is 150 g/mol. The van der Waals surface area contributed by atoms with E-state index in [0.29, 0.717) is 6.67 Å². The molecule has 0 aliphatic rings. The maximum absolute atomic E-state index is 5.30. The first-order chi connectivity index (χ1) is 5.33. The first kappa shape index (κ1) is 8.24. The largest absolute Gasteiger partial charge is 0.318 e. The Balaban J connectivity index is 2.52. The van der Waals surface area contributed by atoms with E-state index in [9.17, 15) is 0 Å². The summed E-state index contributed by atoms with van der Waals surface area (Å²) in [6, 6.07) is 8.43. The molecule has 0 atom stereocenters. The highest BCUT2D eigenvalue weighted by molar-refractivity contribution is 5.20. The lowest BCUT2D eigenvalue weighted by Gasteiger charge is -2.01. The molecule has 1 aromatic rings. The topological polar surface area (TPSA) is 38.0 Å². The molecule has 0 radical (unpaired) electrons. The number of hydrogen-bond acceptors (Lipinski definition) is 2. The number of aryl methyl sites for hydroxylation is 1. The maximum Gasteiger partial charge on any atom is 0.0431 e. The second-order valence-corrected chi connectivity index (χ2v) is 2.62. The molecule has 0 heterocycles. The van der Waals surface area contributed by atoms with Gasteiger partial charge in [0, 0.05) is 13.2 Å². The molecule has 0 spiro atoms. The highest BCUT2D eigenvalue weighted by Gasteiger charge is 1.88. The number of rotatable bonds is 3. The molecule has 2 nitrogen and oxygen atoms in total. The molecule has 0 saturated carbocycles. The van der Waals surface area contributed by atoms with Crippen molar-refractivity contribution < 1.29 is 0 Å². The summed E-state index contributed by atoms with van der Waals surface area (Å²) in [6.45, 7) is 3.48. The summed E-state index contributed by atoms with van der Waals surface area (Å²) in [5, 5.41) is 3.06. The van der Waals surface area contributed by atoms with Gasteiger partial charge in [-0.2, -0.15) is 0 Å². The van der Waals surface area contributed by atoms with Crippen LogP contribution in [0.2, 0.25) is 0 Å². The van der Waals surface area contributed by atoms with Crippen LogP contribution in [0.3, 0.4) is 0 Å². The lowest BCUT2D eigenvalue weighted by molar-refractivity contribution is 0.709. The van der Waals surface area contributed by atoms with Crippen LogP contribution in [0.25, 0.3) is 0 Å². The van der Waals surface area contributed by atoms with Crippen molar-refractivity contribution in [2.45, 2.75) is 13.5 Å². The van der Waals surface area contributed by atoms with Crippen molar-refractivity contribution in [1.82, 2.24) is 5.32 Å². The molecule has 1 rings (SSSR count). The summed E-state index contributed by atoms with van der Waals surface area (Å²) in [6.07, 6.45) is 0. The van der Waals surface area contributed by atoms with Crippen LogP contribution in [-0.4, -0.2) is 6.67 Å². The van der Waals surface area contributed by atoms with Crippen LogP contribution < -0.4 is 11.1 Å². The van der Waals surface area contributed by atoms with E-state index in [1.807, 2.05) is 0 Å². The normalized spacial score (nSPS) is 10.0. The summed E-state index contributed by atoms with van der Waals surface area (Å²) >= 11 is 0. The molecule has 0 amide bonds. The second kappa shape index (κ2) is 4.11. The number of hydrogen-bond donors (Lipinski definition) is 2. The molecule has 0 fully saturated rings. The average Bonchev–Trinajstić information content (AvgIpc) is 2.04. The van der Waals surface area contributed by atoms with Gasteiger partial charge in [0.05, 0.1) is 0 Å². The minimum Gasteiger partial charge on any atom is -0.318 e. The molecular weight excluding hydrogens is 136 g/mol. The van der Waals surface area contributed by atoms with Crippen molar-refractivity contribution in [2.24, 2.45) is 5.73 Å². The van der Waals surface area contributed by atoms with E-state index in [1.54, 1.807) is 0 Å². The van der Waals surface area contributed by atoms with E-state index in [4.69, 9.17) is 5.73 Å². The summed E-state index contributed by atoms with van der Waals surface area (Å²) in [4.78, 5) is 0. The predicted molar refractivity (Wildman–Crippen MR) is 47.1 cm³/mol. The fraction of sp³-hybridized carbons (Fsp3) is 0.333. The first-order valence-corrected chi connectivity index (χ1v) is 3.79. The minimum absolute atomic E-state index is 0.536. The van der Waals surface area contributed by atoms with E-state index in [-0.39, 0.29) is 0 Å². The molecule has 0 aliphatic heterocycles. The summed E-state index contributed by atoms with van der Waals surface area (Å²) in [5.74, 6) is 0. The smallest absolute Gasteiger partial charge is 0.0431 e. The van der Waals surface area contributed by atoms with Gasteiger partial charge >= 0.3 is 0 Å². The van der Waals surface area contributed by atoms with E-state index in [1.165, 1.54) is 11.1 Å². The quantitative estimate of drug-likeness (QED) is 0.631. The van der Waals surface area contributed by atoms with Crippen molar-refractivity contribution in [3.63, 3.8) is 0 Å². The zero-order chi connectivity index (χ0) is 8.10. The van der Waals surface area contributed by atoms with E-state index < -0.39 is 0 Å². The molecule has 0 aliphatic carbocycles. The van der Waals surface area contributed by atoms with Gasteiger partial charge in [0.1, 0.15) is 0 Å². The van der Waals surface area contributed by atoms with Crippen molar-refractivity contribution >= 4 is 0 Å². The van der Waals surface area contributed by atoms with Crippen LogP contribution in [-0.2, 0) is 6.54 Å². The Hall–Kier alpha value is -0.860. The van der Waals surface area contributed by atoms with Crippen molar-refractivity contribution in [3.05, 3.63) is 35.4 Å². The zero-order valence-electron chi connectivity index (χ0n) is 6.80. The molecule has 2 heteroatoms. The Labute approximate surface area is 67.4 Å². The van der Waals surface area contributed by atoms with Crippen LogP contribution in [0.1, 0.15) is 11.1 Å². The van der Waals surface area contributed by atoms with Gasteiger partial charge in [0.15, 0.2) is 0 Å². The van der Waals surface area contributed by atoms with Crippen LogP contribution >= 0.6 is 0 Å². The van der Waals surface area contributed by atoms with Crippen molar-refractivity contribution in [2.75, 3.05) is 6.67 Å². The molecule has 60 valence electrons. The molecule has 0 aromatic heterocycles. The van der Waals surface area contributed by atoms with Crippen LogP contribution in [0.15, 0.2) is 24.3 Å². The monoisotopic (exact) mass is 150 g/mol. The zero-order valence-corrected chi connectivity index (χ0v) is 6.80. The third-order valence-corrected chi connectivity index (χ3v) is 1.59. The summed E-state index contributed by atoms with van der Waals surface area (Å²) in [5.41, 5.74) is 7.87. The van der Waals surface area contributed by atoms with Gasteiger partial charge in [-0.25, -0.2) is 0 Å². The van der Waals surface area contributed by atoms with Gasteiger partial charge in [0.25, 0.3) is 0 Å².